The van der Waals surface area contributed by atoms with Crippen molar-refractivity contribution in [2.75, 3.05) is 0 Å². The Kier molecular flexibility index (Phi) is 2.86. The van der Waals surface area contributed by atoms with Crippen molar-refractivity contribution in [1.82, 2.24) is 13.2 Å². The van der Waals surface area contributed by atoms with Gasteiger partial charge in [0.2, 0.25) is 0 Å². The van der Waals surface area contributed by atoms with Gasteiger partial charge in [-0.1, -0.05) is 25.0 Å². The van der Waals surface area contributed by atoms with Crippen molar-refractivity contribution in [3.8, 4) is 0 Å². The second-order valence-electron chi connectivity index (χ2n) is 3.78. The summed E-state index contributed by atoms with van der Waals surface area (Å²) >= 11 is 2.23. The third-order valence-electron chi connectivity index (χ3n) is 2.76. The Bertz CT molecular complexity index is 295. The monoisotopic (exact) mass is 291 g/mol. The fourth-order valence-corrected chi connectivity index (χ4v) is 2.85. The normalized spacial score (nSPS) is 23.4. The van der Waals surface area contributed by atoms with E-state index in [1.807, 2.05) is 2.90 Å². The van der Waals surface area contributed by atoms with Crippen LogP contribution in [0, 0.1) is 0 Å². The zero-order valence-corrected chi connectivity index (χ0v) is 9.99. The van der Waals surface area contributed by atoms with E-state index in [4.69, 9.17) is 0 Å². The summed E-state index contributed by atoms with van der Waals surface area (Å²) in [6.07, 6.45) is 6.36. The lowest BCUT2D eigenvalue weighted by Crippen LogP contribution is -2.05. The van der Waals surface area contributed by atoms with Gasteiger partial charge in [-0.05, 0) is 19.3 Å². The topological polar surface area (TPSA) is 30.7 Å². The molecule has 0 amide bonds. The van der Waals surface area contributed by atoms with Crippen LogP contribution in [0.1, 0.15) is 49.9 Å². The van der Waals surface area contributed by atoms with Crippen molar-refractivity contribution < 1.29 is 0 Å². The molecule has 0 spiro atoms. The van der Waals surface area contributed by atoms with E-state index in [0.717, 1.165) is 6.42 Å². The molecule has 0 N–H and O–H groups in total. The summed E-state index contributed by atoms with van der Waals surface area (Å²) in [7, 11) is 0. The van der Waals surface area contributed by atoms with Gasteiger partial charge < -0.3 is 0 Å². The lowest BCUT2D eigenvalue weighted by Gasteiger charge is -2.15. The highest BCUT2D eigenvalue weighted by atomic mass is 127. The van der Waals surface area contributed by atoms with Crippen molar-refractivity contribution >= 4 is 22.9 Å². The Morgan fingerprint density at radius 1 is 1.38 bits per heavy atom. The van der Waals surface area contributed by atoms with E-state index in [1.165, 1.54) is 37.1 Å². The maximum absolute atomic E-state index is 4.21. The molecule has 0 radical (unpaired) electrons. The van der Waals surface area contributed by atoms with Crippen LogP contribution in [-0.2, 0) is 6.42 Å². The van der Waals surface area contributed by atoms with E-state index in [9.17, 15) is 0 Å². The quantitative estimate of drug-likeness (QED) is 0.688. The number of aryl methyl sites for hydroxylation is 1. The minimum atomic E-state index is 0.627. The summed E-state index contributed by atoms with van der Waals surface area (Å²) in [5.41, 5.74) is 2.57. The largest absolute Gasteiger partial charge is 0.188 e. The van der Waals surface area contributed by atoms with Crippen LogP contribution in [0.4, 0.5) is 0 Å². The van der Waals surface area contributed by atoms with Gasteiger partial charge in [0, 0.05) is 5.92 Å². The van der Waals surface area contributed by atoms with Gasteiger partial charge in [0.25, 0.3) is 0 Å². The third-order valence-corrected chi connectivity index (χ3v) is 3.47. The fourth-order valence-electron chi connectivity index (χ4n) is 2.00. The summed E-state index contributed by atoms with van der Waals surface area (Å²) in [5.74, 6) is 0.627. The van der Waals surface area contributed by atoms with Crippen LogP contribution in [-0.4, -0.2) is 13.2 Å². The molecule has 2 rings (SSSR count). The molecular formula is C9H14IN3. The zero-order chi connectivity index (χ0) is 9.26. The van der Waals surface area contributed by atoms with Crippen molar-refractivity contribution in [1.29, 1.82) is 0 Å². The molecule has 0 aromatic carbocycles. The molecule has 1 aliphatic carbocycles. The van der Waals surface area contributed by atoms with Gasteiger partial charge in [0.05, 0.1) is 34.3 Å². The lowest BCUT2D eigenvalue weighted by molar-refractivity contribution is 0.548. The average molecular weight is 291 g/mol. The van der Waals surface area contributed by atoms with E-state index in [2.05, 4.69) is 40.1 Å². The number of rotatable bonds is 0. The van der Waals surface area contributed by atoms with Gasteiger partial charge >= 0.3 is 0 Å². The molecule has 0 saturated carbocycles. The number of fused-ring (bicyclic) bond motifs is 1. The number of aromatic nitrogens is 3. The second kappa shape index (κ2) is 3.94. The van der Waals surface area contributed by atoms with Crippen molar-refractivity contribution in [2.45, 2.75) is 44.9 Å². The van der Waals surface area contributed by atoms with Gasteiger partial charge in [-0.25, -0.2) is 0 Å². The molecule has 4 heteroatoms. The third kappa shape index (κ3) is 1.87. The van der Waals surface area contributed by atoms with Crippen LogP contribution in [0.5, 0.6) is 0 Å². The first kappa shape index (κ1) is 9.43. The standard InChI is InChI=1S/C9H14IN3/c1-7-5-3-2-4-6-8-9(7)13(10)12-11-8/h7H,2-6H2,1H3. The van der Waals surface area contributed by atoms with Crippen molar-refractivity contribution in [2.24, 2.45) is 0 Å². The van der Waals surface area contributed by atoms with Crippen LogP contribution in [0.15, 0.2) is 0 Å². The predicted molar refractivity (Wildman–Crippen MR) is 60.0 cm³/mol. The van der Waals surface area contributed by atoms with Crippen LogP contribution in [0.3, 0.4) is 0 Å². The highest BCUT2D eigenvalue weighted by Crippen LogP contribution is 2.28. The first-order valence-electron chi connectivity index (χ1n) is 4.89. The predicted octanol–water partition coefficient (Wildman–Crippen LogP) is 2.70. The number of hydrogen-bond acceptors (Lipinski definition) is 2. The molecule has 1 atom stereocenters. The number of halogens is 1. The first-order valence-corrected chi connectivity index (χ1v) is 5.86. The van der Waals surface area contributed by atoms with Gasteiger partial charge in [-0.3, -0.25) is 0 Å². The SMILES string of the molecule is CC1CCCCCc2nnn(I)c21. The van der Waals surface area contributed by atoms with Gasteiger partial charge in [-0.2, -0.15) is 2.90 Å². The molecule has 72 valence electrons. The van der Waals surface area contributed by atoms with Gasteiger partial charge in [0.1, 0.15) is 0 Å². The number of hydrogen-bond donors (Lipinski definition) is 0. The van der Waals surface area contributed by atoms with Crippen LogP contribution in [0.25, 0.3) is 0 Å². The Morgan fingerprint density at radius 2 is 2.23 bits per heavy atom. The molecule has 13 heavy (non-hydrogen) atoms. The summed E-state index contributed by atoms with van der Waals surface area (Å²) in [4.78, 5) is 0. The van der Waals surface area contributed by atoms with E-state index in [-0.39, 0.29) is 0 Å². The summed E-state index contributed by atoms with van der Waals surface area (Å²) < 4.78 is 1.92. The van der Waals surface area contributed by atoms with E-state index in [1.54, 1.807) is 0 Å². The Morgan fingerprint density at radius 3 is 3.08 bits per heavy atom. The minimum absolute atomic E-state index is 0.627. The van der Waals surface area contributed by atoms with Gasteiger partial charge in [-0.15, -0.1) is 5.10 Å². The molecule has 1 aromatic heterocycles. The van der Waals surface area contributed by atoms with Crippen LogP contribution < -0.4 is 0 Å². The molecular weight excluding hydrogens is 277 g/mol. The van der Waals surface area contributed by atoms with E-state index in [0.29, 0.717) is 5.92 Å². The van der Waals surface area contributed by atoms with E-state index >= 15 is 0 Å². The van der Waals surface area contributed by atoms with Crippen molar-refractivity contribution in [3.05, 3.63) is 11.4 Å². The Hall–Kier alpha value is -0.130. The highest BCUT2D eigenvalue weighted by molar-refractivity contribution is 14.1. The molecule has 0 fully saturated rings. The summed E-state index contributed by atoms with van der Waals surface area (Å²) in [5, 5.41) is 8.30. The number of nitrogens with zero attached hydrogens (tertiary/aromatic N) is 3. The molecule has 1 aromatic rings. The fraction of sp³-hybridized carbons (Fsp3) is 0.778. The molecule has 1 aliphatic rings. The molecule has 1 unspecified atom stereocenters. The molecule has 1 heterocycles. The van der Waals surface area contributed by atoms with Crippen LogP contribution in [0.2, 0.25) is 0 Å². The summed E-state index contributed by atoms with van der Waals surface area (Å²) in [6, 6.07) is 0. The Balaban J connectivity index is 2.34. The maximum Gasteiger partial charge on any atom is 0.0871 e. The highest BCUT2D eigenvalue weighted by Gasteiger charge is 2.19. The Labute approximate surface area is 92.4 Å². The minimum Gasteiger partial charge on any atom is -0.188 e. The molecule has 0 saturated heterocycles. The van der Waals surface area contributed by atoms with Crippen molar-refractivity contribution in [3.63, 3.8) is 0 Å². The second-order valence-corrected chi connectivity index (χ2v) is 4.70. The van der Waals surface area contributed by atoms with Gasteiger partial charge in [0.15, 0.2) is 0 Å². The lowest BCUT2D eigenvalue weighted by atomic mass is 9.93. The maximum atomic E-state index is 4.21. The van der Waals surface area contributed by atoms with Crippen LogP contribution >= 0.6 is 22.9 Å². The average Bonchev–Trinajstić information content (AvgIpc) is 2.42. The molecule has 0 bridgehead atoms. The van der Waals surface area contributed by atoms with E-state index < -0.39 is 0 Å². The smallest absolute Gasteiger partial charge is 0.0871 e. The molecule has 3 nitrogen and oxygen atoms in total. The molecule has 0 aliphatic heterocycles. The first-order chi connectivity index (χ1) is 6.29. The summed E-state index contributed by atoms with van der Waals surface area (Å²) in [6.45, 7) is 2.28. The zero-order valence-electron chi connectivity index (χ0n) is 7.83.